The molecular weight excluding hydrogens is 500 g/mol. The van der Waals surface area contributed by atoms with Gasteiger partial charge in [0.1, 0.15) is 12.6 Å². The lowest BCUT2D eigenvalue weighted by Crippen LogP contribution is -2.53. The van der Waals surface area contributed by atoms with Crippen molar-refractivity contribution in [2.75, 3.05) is 13.2 Å². The van der Waals surface area contributed by atoms with Crippen LogP contribution >= 0.6 is 0 Å². The summed E-state index contributed by atoms with van der Waals surface area (Å²) in [5.41, 5.74) is 5.24. The molecular formula is C30H32N2O7. The predicted octanol–water partition coefficient (Wildman–Crippen LogP) is 3.45. The van der Waals surface area contributed by atoms with Gasteiger partial charge in [-0.25, -0.2) is 9.59 Å². The summed E-state index contributed by atoms with van der Waals surface area (Å²) in [5.74, 6) is -2.10. The quantitative estimate of drug-likeness (QED) is 0.281. The van der Waals surface area contributed by atoms with E-state index in [4.69, 9.17) is 14.6 Å². The van der Waals surface area contributed by atoms with Crippen LogP contribution in [0.25, 0.3) is 11.1 Å². The standard InChI is InChI=1S/C30H32N2O7/c1-19(38-17-20-9-3-2-4-10-20)27(28(34)31-16-15-26(33)29(35)36)32-30(37)39-18-25-23-13-7-5-11-21(23)22-12-6-8-14-24(22)25/h2-14,19,25-27,33H,15-18H2,1H3,(H,31,34)(H,32,37)(H,35,36)/t19?,26-,27?/m0/s1. The third-order valence-electron chi connectivity index (χ3n) is 6.73. The Bertz CT molecular complexity index is 1250. The number of alkyl carbamates (subject to hydrolysis) is 1. The number of carboxylic acid groups (broad SMARTS) is 1. The monoisotopic (exact) mass is 532 g/mol. The summed E-state index contributed by atoms with van der Waals surface area (Å²) in [7, 11) is 0. The zero-order valence-corrected chi connectivity index (χ0v) is 21.6. The summed E-state index contributed by atoms with van der Waals surface area (Å²) in [5, 5.41) is 23.5. The minimum Gasteiger partial charge on any atom is -0.479 e. The van der Waals surface area contributed by atoms with Gasteiger partial charge in [-0.2, -0.15) is 0 Å². The number of rotatable bonds is 12. The number of hydrogen-bond donors (Lipinski definition) is 4. The molecule has 3 aromatic carbocycles. The molecule has 0 aromatic heterocycles. The number of aliphatic carboxylic acids is 1. The van der Waals surface area contributed by atoms with Crippen LogP contribution in [-0.4, -0.2) is 59.6 Å². The van der Waals surface area contributed by atoms with Crippen molar-refractivity contribution < 1.29 is 34.1 Å². The van der Waals surface area contributed by atoms with E-state index >= 15 is 0 Å². The molecule has 3 atom stereocenters. The summed E-state index contributed by atoms with van der Waals surface area (Å²) in [6, 6.07) is 24.2. The highest BCUT2D eigenvalue weighted by molar-refractivity contribution is 5.86. The van der Waals surface area contributed by atoms with Gasteiger partial charge in [-0.05, 0) is 34.7 Å². The van der Waals surface area contributed by atoms with Gasteiger partial charge in [-0.1, -0.05) is 78.9 Å². The van der Waals surface area contributed by atoms with Crippen molar-refractivity contribution in [2.24, 2.45) is 0 Å². The van der Waals surface area contributed by atoms with Crippen LogP contribution in [0.15, 0.2) is 78.9 Å². The van der Waals surface area contributed by atoms with Crippen LogP contribution < -0.4 is 10.6 Å². The molecule has 0 fully saturated rings. The van der Waals surface area contributed by atoms with Gasteiger partial charge >= 0.3 is 12.1 Å². The average molecular weight is 533 g/mol. The minimum atomic E-state index is -1.61. The first-order valence-electron chi connectivity index (χ1n) is 12.8. The van der Waals surface area contributed by atoms with E-state index in [1.165, 1.54) is 0 Å². The third-order valence-corrected chi connectivity index (χ3v) is 6.73. The molecule has 3 aromatic rings. The Hall–Kier alpha value is -4.21. The second-order valence-corrected chi connectivity index (χ2v) is 9.38. The SMILES string of the molecule is CC(OCc1ccccc1)C(NC(=O)OCC1c2ccccc2-c2ccccc21)C(=O)NCC[C@H](O)C(=O)O. The van der Waals surface area contributed by atoms with Crippen LogP contribution in [0, 0.1) is 0 Å². The second kappa shape index (κ2) is 13.0. The molecule has 0 bridgehead atoms. The fraction of sp³-hybridized carbons (Fsp3) is 0.300. The molecule has 39 heavy (non-hydrogen) atoms. The fourth-order valence-corrected chi connectivity index (χ4v) is 4.63. The third kappa shape index (κ3) is 7.01. The molecule has 4 N–H and O–H groups in total. The summed E-state index contributed by atoms with van der Waals surface area (Å²) >= 11 is 0. The first-order valence-corrected chi connectivity index (χ1v) is 12.8. The molecule has 0 radical (unpaired) electrons. The first kappa shape index (κ1) is 27.8. The van der Waals surface area contributed by atoms with Gasteiger partial charge in [0, 0.05) is 18.9 Å². The van der Waals surface area contributed by atoms with E-state index in [2.05, 4.69) is 10.6 Å². The highest BCUT2D eigenvalue weighted by Gasteiger charge is 2.31. The molecule has 4 rings (SSSR count). The van der Waals surface area contributed by atoms with Gasteiger partial charge < -0.3 is 30.3 Å². The molecule has 0 heterocycles. The minimum absolute atomic E-state index is 0.0816. The van der Waals surface area contributed by atoms with E-state index in [0.29, 0.717) is 0 Å². The number of hydrogen-bond acceptors (Lipinski definition) is 6. The molecule has 1 aliphatic rings. The highest BCUT2D eigenvalue weighted by Crippen LogP contribution is 2.44. The van der Waals surface area contributed by atoms with Gasteiger partial charge in [0.15, 0.2) is 6.10 Å². The lowest BCUT2D eigenvalue weighted by atomic mass is 9.98. The van der Waals surface area contributed by atoms with E-state index < -0.39 is 36.2 Å². The van der Waals surface area contributed by atoms with E-state index in [9.17, 15) is 19.5 Å². The van der Waals surface area contributed by atoms with Crippen molar-refractivity contribution >= 4 is 18.0 Å². The van der Waals surface area contributed by atoms with Crippen molar-refractivity contribution in [3.05, 3.63) is 95.6 Å². The van der Waals surface area contributed by atoms with Gasteiger partial charge in [-0.15, -0.1) is 0 Å². The number of fused-ring (bicyclic) bond motifs is 3. The number of benzene rings is 3. The highest BCUT2D eigenvalue weighted by atomic mass is 16.5. The number of aliphatic hydroxyl groups is 1. The Kier molecular flexibility index (Phi) is 9.30. The maximum atomic E-state index is 13.0. The number of nitrogens with one attached hydrogen (secondary N) is 2. The number of carboxylic acids is 1. The number of ether oxygens (including phenoxy) is 2. The zero-order valence-electron chi connectivity index (χ0n) is 21.6. The van der Waals surface area contributed by atoms with E-state index in [-0.39, 0.29) is 32.1 Å². The van der Waals surface area contributed by atoms with Gasteiger partial charge in [0.2, 0.25) is 5.91 Å². The molecule has 0 saturated carbocycles. The van der Waals surface area contributed by atoms with Gasteiger partial charge in [-0.3, -0.25) is 4.79 Å². The van der Waals surface area contributed by atoms with Crippen LogP contribution in [0.1, 0.15) is 36.0 Å². The molecule has 9 nitrogen and oxygen atoms in total. The smallest absolute Gasteiger partial charge is 0.407 e. The summed E-state index contributed by atoms with van der Waals surface area (Å²) in [4.78, 5) is 36.7. The number of amides is 2. The van der Waals surface area contributed by atoms with E-state index in [0.717, 1.165) is 27.8 Å². The number of aliphatic hydroxyl groups excluding tert-OH is 1. The van der Waals surface area contributed by atoms with Crippen LogP contribution in [0.4, 0.5) is 4.79 Å². The second-order valence-electron chi connectivity index (χ2n) is 9.38. The summed E-state index contributed by atoms with van der Waals surface area (Å²) < 4.78 is 11.5. The molecule has 2 amide bonds. The maximum absolute atomic E-state index is 13.0. The van der Waals surface area contributed by atoms with Crippen LogP contribution in [0.3, 0.4) is 0 Å². The van der Waals surface area contributed by atoms with E-state index in [1.807, 2.05) is 78.9 Å². The number of carbonyl (C=O) groups excluding carboxylic acids is 2. The summed E-state index contributed by atoms with van der Waals surface area (Å²) in [6.45, 7) is 1.86. The number of carbonyl (C=O) groups is 3. The van der Waals surface area contributed by atoms with Crippen LogP contribution in [-0.2, 0) is 25.7 Å². The van der Waals surface area contributed by atoms with Gasteiger partial charge in [0.05, 0.1) is 12.7 Å². The normalized spacial score (nSPS) is 14.4. The summed E-state index contributed by atoms with van der Waals surface area (Å²) in [6.07, 6.45) is -3.31. The first-order chi connectivity index (χ1) is 18.8. The molecule has 2 unspecified atom stereocenters. The van der Waals surface area contributed by atoms with Crippen molar-refractivity contribution in [3.63, 3.8) is 0 Å². The predicted molar refractivity (Wildman–Crippen MR) is 144 cm³/mol. The van der Waals surface area contributed by atoms with Crippen molar-refractivity contribution in [1.82, 2.24) is 10.6 Å². The molecule has 204 valence electrons. The Morgan fingerprint density at radius 1 is 0.897 bits per heavy atom. The van der Waals surface area contributed by atoms with Gasteiger partial charge in [0.25, 0.3) is 0 Å². The topological polar surface area (TPSA) is 134 Å². The molecule has 9 heteroatoms. The Morgan fingerprint density at radius 3 is 2.10 bits per heavy atom. The molecule has 0 aliphatic heterocycles. The van der Waals surface area contributed by atoms with Crippen molar-refractivity contribution in [1.29, 1.82) is 0 Å². The average Bonchev–Trinajstić information content (AvgIpc) is 3.27. The largest absolute Gasteiger partial charge is 0.479 e. The Labute approximate surface area is 226 Å². The lowest BCUT2D eigenvalue weighted by Gasteiger charge is -2.25. The Morgan fingerprint density at radius 2 is 1.49 bits per heavy atom. The Balaban J connectivity index is 1.40. The molecule has 0 spiro atoms. The molecule has 0 saturated heterocycles. The lowest BCUT2D eigenvalue weighted by molar-refractivity contribution is -0.147. The fourth-order valence-electron chi connectivity index (χ4n) is 4.63. The maximum Gasteiger partial charge on any atom is 0.407 e. The van der Waals surface area contributed by atoms with Crippen LogP contribution in [0.5, 0.6) is 0 Å². The van der Waals surface area contributed by atoms with Crippen molar-refractivity contribution in [2.45, 2.75) is 44.1 Å². The van der Waals surface area contributed by atoms with Crippen LogP contribution in [0.2, 0.25) is 0 Å². The zero-order chi connectivity index (χ0) is 27.8. The molecule has 1 aliphatic carbocycles. The van der Waals surface area contributed by atoms with E-state index in [1.54, 1.807) is 6.92 Å². The van der Waals surface area contributed by atoms with Crippen molar-refractivity contribution in [3.8, 4) is 11.1 Å².